The highest BCUT2D eigenvalue weighted by Crippen LogP contribution is 2.36. The van der Waals surface area contributed by atoms with E-state index < -0.39 is 0 Å². The predicted octanol–water partition coefficient (Wildman–Crippen LogP) is 6.89. The van der Waals surface area contributed by atoms with Gasteiger partial charge in [0.05, 0.1) is 11.8 Å². The zero-order chi connectivity index (χ0) is 22.9. The van der Waals surface area contributed by atoms with Crippen LogP contribution in [0.25, 0.3) is 10.9 Å². The lowest BCUT2D eigenvalue weighted by Crippen LogP contribution is -2.51. The van der Waals surface area contributed by atoms with E-state index >= 15 is 0 Å². The number of nitrogens with zero attached hydrogens (tertiary/aromatic N) is 2. The molecule has 1 aromatic heterocycles. The molecule has 0 saturated heterocycles. The summed E-state index contributed by atoms with van der Waals surface area (Å²) < 4.78 is 7.01. The maximum absolute atomic E-state index is 11.3. The van der Waals surface area contributed by atoms with Crippen LogP contribution in [0.2, 0.25) is 0 Å². The first kappa shape index (κ1) is 21.9. The van der Waals surface area contributed by atoms with Gasteiger partial charge in [0.15, 0.2) is 0 Å². The maximum atomic E-state index is 11.3. The molecule has 5 rings (SSSR count). The SMILES string of the molecule is CC(C)Oc1cccc(N2Cc3ccccc3N(O)[C@@H]2CCc2c[nH]c3ccc(Br)cc23)c1. The normalized spacial score (nSPS) is 15.8. The fourth-order valence-corrected chi connectivity index (χ4v) is 5.00. The quantitative estimate of drug-likeness (QED) is 0.299. The van der Waals surface area contributed by atoms with E-state index in [0.29, 0.717) is 0 Å². The first-order chi connectivity index (χ1) is 16.0. The molecule has 2 N–H and O–H groups in total. The topological polar surface area (TPSA) is 51.7 Å². The predicted molar refractivity (Wildman–Crippen MR) is 137 cm³/mol. The Balaban J connectivity index is 1.47. The van der Waals surface area contributed by atoms with E-state index in [0.717, 1.165) is 52.1 Å². The van der Waals surface area contributed by atoms with Crippen molar-refractivity contribution < 1.29 is 9.94 Å². The minimum absolute atomic E-state index is 0.105. The molecule has 0 saturated carbocycles. The molecule has 1 aliphatic rings. The van der Waals surface area contributed by atoms with Gasteiger partial charge >= 0.3 is 0 Å². The fraction of sp³-hybridized carbons (Fsp3) is 0.259. The first-order valence-electron chi connectivity index (χ1n) is 11.3. The fourth-order valence-electron chi connectivity index (χ4n) is 4.64. The number of rotatable bonds is 6. The summed E-state index contributed by atoms with van der Waals surface area (Å²) in [4.78, 5) is 5.64. The summed E-state index contributed by atoms with van der Waals surface area (Å²) >= 11 is 3.59. The number of aromatic amines is 1. The molecule has 0 bridgehead atoms. The van der Waals surface area contributed by atoms with E-state index in [4.69, 9.17) is 4.74 Å². The number of nitrogens with one attached hydrogen (secondary N) is 1. The number of halogens is 1. The Labute approximate surface area is 202 Å². The molecule has 3 aromatic carbocycles. The summed E-state index contributed by atoms with van der Waals surface area (Å²) in [6.07, 6.45) is 3.58. The van der Waals surface area contributed by atoms with Crippen LogP contribution in [0.1, 0.15) is 31.4 Å². The van der Waals surface area contributed by atoms with Crippen molar-refractivity contribution in [2.75, 3.05) is 9.96 Å². The third kappa shape index (κ3) is 4.45. The number of hydrogen-bond acceptors (Lipinski definition) is 4. The lowest BCUT2D eigenvalue weighted by Gasteiger charge is -2.44. The summed E-state index contributed by atoms with van der Waals surface area (Å²) in [7, 11) is 0. The van der Waals surface area contributed by atoms with Crippen molar-refractivity contribution in [2.24, 2.45) is 0 Å². The molecule has 0 amide bonds. The number of aromatic nitrogens is 1. The second-order valence-electron chi connectivity index (χ2n) is 8.79. The summed E-state index contributed by atoms with van der Waals surface area (Å²) in [5, 5.41) is 13.9. The molecule has 0 radical (unpaired) electrons. The summed E-state index contributed by atoms with van der Waals surface area (Å²) in [6, 6.07) is 22.5. The Bertz CT molecular complexity index is 1270. The smallest absolute Gasteiger partial charge is 0.128 e. The van der Waals surface area contributed by atoms with Crippen LogP contribution in [-0.4, -0.2) is 22.5 Å². The van der Waals surface area contributed by atoms with Crippen LogP contribution in [0, 0.1) is 0 Å². The molecular weight excluding hydrogens is 478 g/mol. The van der Waals surface area contributed by atoms with Crippen molar-refractivity contribution in [2.45, 2.75) is 45.5 Å². The summed E-state index contributed by atoms with van der Waals surface area (Å²) in [6.45, 7) is 4.78. The number of anilines is 2. The third-order valence-electron chi connectivity index (χ3n) is 6.14. The molecule has 6 heteroatoms. The number of hydroxylamine groups is 1. The standard InChI is InChI=1S/C27H28BrN3O2/c1-18(2)33-23-8-5-7-22(15-23)30-17-20-6-3-4-9-26(20)31(32)27(30)13-10-19-16-29-25-12-11-21(28)14-24(19)25/h3-9,11-12,14-16,18,27,29,32H,10,13,17H2,1-2H3/t27-/m1/s1. The highest BCUT2D eigenvalue weighted by Gasteiger charge is 2.32. The molecule has 0 unspecified atom stereocenters. The molecule has 0 fully saturated rings. The molecule has 5 nitrogen and oxygen atoms in total. The van der Waals surface area contributed by atoms with Gasteiger partial charge in [0, 0.05) is 39.9 Å². The number of aryl methyl sites for hydroxylation is 1. The Hall–Kier alpha value is -2.96. The highest BCUT2D eigenvalue weighted by atomic mass is 79.9. The molecular formula is C27H28BrN3O2. The van der Waals surface area contributed by atoms with Gasteiger partial charge in [-0.1, -0.05) is 40.2 Å². The van der Waals surface area contributed by atoms with Crippen LogP contribution < -0.4 is 14.7 Å². The van der Waals surface area contributed by atoms with Crippen molar-refractivity contribution in [3.8, 4) is 5.75 Å². The van der Waals surface area contributed by atoms with Crippen molar-refractivity contribution in [1.29, 1.82) is 0 Å². The second kappa shape index (κ2) is 9.12. The largest absolute Gasteiger partial charge is 0.491 e. The van der Waals surface area contributed by atoms with E-state index in [1.807, 2.05) is 50.2 Å². The average Bonchev–Trinajstić information content (AvgIpc) is 3.20. The van der Waals surface area contributed by atoms with Crippen LogP contribution in [0.4, 0.5) is 11.4 Å². The van der Waals surface area contributed by atoms with Gasteiger partial charge in [0.1, 0.15) is 11.9 Å². The van der Waals surface area contributed by atoms with Gasteiger partial charge in [-0.25, -0.2) is 5.06 Å². The van der Waals surface area contributed by atoms with Gasteiger partial charge in [-0.2, -0.15) is 0 Å². The van der Waals surface area contributed by atoms with Gasteiger partial charge in [0.2, 0.25) is 0 Å². The number of benzene rings is 3. The Morgan fingerprint density at radius 2 is 1.94 bits per heavy atom. The number of H-pyrrole nitrogens is 1. The monoisotopic (exact) mass is 505 g/mol. The molecule has 170 valence electrons. The Morgan fingerprint density at radius 3 is 2.79 bits per heavy atom. The molecule has 1 aliphatic heterocycles. The van der Waals surface area contributed by atoms with Crippen molar-refractivity contribution >= 4 is 38.2 Å². The molecule has 1 atom stereocenters. The Morgan fingerprint density at radius 1 is 1.09 bits per heavy atom. The number of hydrogen-bond donors (Lipinski definition) is 2. The molecule has 2 heterocycles. The summed E-state index contributed by atoms with van der Waals surface area (Å²) in [5.74, 6) is 0.839. The number of para-hydroxylation sites is 1. The Kier molecular flexibility index (Phi) is 6.04. The van der Waals surface area contributed by atoms with Crippen molar-refractivity contribution in [3.05, 3.63) is 88.5 Å². The molecule has 0 aliphatic carbocycles. The summed E-state index contributed by atoms with van der Waals surface area (Å²) in [5.41, 5.74) is 5.37. The first-order valence-corrected chi connectivity index (χ1v) is 12.1. The zero-order valence-electron chi connectivity index (χ0n) is 18.8. The second-order valence-corrected chi connectivity index (χ2v) is 9.70. The average molecular weight is 506 g/mol. The lowest BCUT2D eigenvalue weighted by molar-refractivity contribution is 0.197. The highest BCUT2D eigenvalue weighted by molar-refractivity contribution is 9.10. The van der Waals surface area contributed by atoms with Crippen LogP contribution in [-0.2, 0) is 13.0 Å². The van der Waals surface area contributed by atoms with Crippen molar-refractivity contribution in [1.82, 2.24) is 4.98 Å². The third-order valence-corrected chi connectivity index (χ3v) is 6.64. The minimum atomic E-state index is -0.202. The van der Waals surface area contributed by atoms with Crippen LogP contribution in [0.3, 0.4) is 0 Å². The molecule has 0 spiro atoms. The van der Waals surface area contributed by atoms with Gasteiger partial charge in [-0.05, 0) is 74.2 Å². The molecule has 33 heavy (non-hydrogen) atoms. The van der Waals surface area contributed by atoms with E-state index in [2.05, 4.69) is 62.3 Å². The zero-order valence-corrected chi connectivity index (χ0v) is 20.4. The van der Waals surface area contributed by atoms with Gasteiger partial charge in [-0.15, -0.1) is 0 Å². The van der Waals surface area contributed by atoms with Crippen LogP contribution >= 0.6 is 15.9 Å². The van der Waals surface area contributed by atoms with E-state index in [1.54, 1.807) is 0 Å². The minimum Gasteiger partial charge on any atom is -0.491 e. The molecule has 4 aromatic rings. The van der Waals surface area contributed by atoms with E-state index in [1.165, 1.54) is 16.0 Å². The van der Waals surface area contributed by atoms with Crippen LogP contribution in [0.5, 0.6) is 5.75 Å². The van der Waals surface area contributed by atoms with Gasteiger partial charge < -0.3 is 14.6 Å². The van der Waals surface area contributed by atoms with Crippen LogP contribution in [0.15, 0.2) is 77.4 Å². The van der Waals surface area contributed by atoms with Crippen molar-refractivity contribution in [3.63, 3.8) is 0 Å². The maximum Gasteiger partial charge on any atom is 0.128 e. The van der Waals surface area contributed by atoms with E-state index in [-0.39, 0.29) is 12.3 Å². The van der Waals surface area contributed by atoms with E-state index in [9.17, 15) is 5.21 Å². The number of fused-ring (bicyclic) bond motifs is 2. The van der Waals surface area contributed by atoms with Gasteiger partial charge in [0.25, 0.3) is 0 Å². The van der Waals surface area contributed by atoms with Gasteiger partial charge in [-0.3, -0.25) is 5.21 Å². The number of ether oxygens (including phenoxy) is 1. The lowest BCUT2D eigenvalue weighted by atomic mass is 10.0.